The van der Waals surface area contributed by atoms with Crippen LogP contribution in [0.3, 0.4) is 0 Å². The molecule has 2 atom stereocenters. The molecule has 84 valence electrons. The van der Waals surface area contributed by atoms with Crippen molar-refractivity contribution in [3.8, 4) is 0 Å². The van der Waals surface area contributed by atoms with Crippen molar-refractivity contribution in [1.82, 2.24) is 0 Å². The Morgan fingerprint density at radius 3 is 2.43 bits per heavy atom. The van der Waals surface area contributed by atoms with E-state index in [0.29, 0.717) is 19.3 Å². The summed E-state index contributed by atoms with van der Waals surface area (Å²) in [6.45, 7) is 1.52. The summed E-state index contributed by atoms with van der Waals surface area (Å²) in [7, 11) is 0. The van der Waals surface area contributed by atoms with Crippen molar-refractivity contribution in [2.75, 3.05) is 0 Å². The SMILES string of the molecule is [2H][C@](O)(CC)[C@]([2H])(O)CCCCCC(=O)O. The molecule has 0 bridgehead atoms. The van der Waals surface area contributed by atoms with Gasteiger partial charge in [0.15, 0.2) is 0 Å². The molecule has 0 radical (unpaired) electrons. The topological polar surface area (TPSA) is 77.8 Å². The zero-order chi connectivity index (χ0) is 12.8. The van der Waals surface area contributed by atoms with E-state index in [4.69, 9.17) is 7.85 Å². The molecule has 0 aromatic rings. The number of carboxylic acids is 1. The lowest BCUT2D eigenvalue weighted by Gasteiger charge is -2.15. The minimum Gasteiger partial charge on any atom is -0.481 e. The lowest BCUT2D eigenvalue weighted by Crippen LogP contribution is -2.24. The summed E-state index contributed by atoms with van der Waals surface area (Å²) < 4.78 is 14.8. The maximum atomic E-state index is 10.2. The molecule has 4 nitrogen and oxygen atoms in total. The number of carboxylic acid groups (broad SMARTS) is 1. The Hall–Kier alpha value is -0.610. The smallest absolute Gasteiger partial charge is 0.303 e. The Bertz CT molecular complexity index is 229. The quantitative estimate of drug-likeness (QED) is 0.521. The van der Waals surface area contributed by atoms with Crippen molar-refractivity contribution < 1.29 is 22.9 Å². The fourth-order valence-corrected chi connectivity index (χ4v) is 1.09. The molecular formula is C10H20O4. The predicted molar refractivity (Wildman–Crippen MR) is 53.0 cm³/mol. The fourth-order valence-electron chi connectivity index (χ4n) is 1.09. The van der Waals surface area contributed by atoms with Gasteiger partial charge in [0.25, 0.3) is 0 Å². The summed E-state index contributed by atoms with van der Waals surface area (Å²) in [6, 6.07) is 0. The van der Waals surface area contributed by atoms with E-state index in [-0.39, 0.29) is 19.3 Å². The largest absolute Gasteiger partial charge is 0.481 e. The molecule has 0 spiro atoms. The van der Waals surface area contributed by atoms with Crippen molar-refractivity contribution in [3.05, 3.63) is 0 Å². The normalized spacial score (nSPS) is 21.6. The molecule has 0 aromatic carbocycles. The predicted octanol–water partition coefficient (Wildman–Crippen LogP) is 1.15. The average Bonchev–Trinajstić information content (AvgIpc) is 2.16. The lowest BCUT2D eigenvalue weighted by atomic mass is 10.0. The van der Waals surface area contributed by atoms with Crippen LogP contribution >= 0.6 is 0 Å². The first-order chi connectivity index (χ1) is 7.23. The summed E-state index contributed by atoms with van der Waals surface area (Å²) in [5.41, 5.74) is 0. The van der Waals surface area contributed by atoms with Crippen molar-refractivity contribution in [2.45, 2.75) is 57.6 Å². The number of carbonyl (C=O) groups is 1. The summed E-state index contributed by atoms with van der Waals surface area (Å²) in [6.07, 6.45) is -2.88. The van der Waals surface area contributed by atoms with Gasteiger partial charge < -0.3 is 15.3 Å². The zero-order valence-corrected chi connectivity index (χ0v) is 8.49. The number of unbranched alkanes of at least 4 members (excludes halogenated alkanes) is 2. The van der Waals surface area contributed by atoms with Crippen LogP contribution in [0.1, 0.15) is 48.2 Å². The first kappa shape index (κ1) is 9.93. The molecule has 0 saturated carbocycles. The monoisotopic (exact) mass is 206 g/mol. The third-order valence-corrected chi connectivity index (χ3v) is 1.97. The van der Waals surface area contributed by atoms with E-state index >= 15 is 0 Å². The van der Waals surface area contributed by atoms with E-state index < -0.39 is 18.1 Å². The van der Waals surface area contributed by atoms with Crippen molar-refractivity contribution >= 4 is 5.97 Å². The molecule has 0 aliphatic heterocycles. The van der Waals surface area contributed by atoms with Crippen molar-refractivity contribution in [3.63, 3.8) is 0 Å². The van der Waals surface area contributed by atoms with Crippen LogP contribution in [0.25, 0.3) is 0 Å². The number of aliphatic hydroxyl groups is 2. The Morgan fingerprint density at radius 1 is 1.29 bits per heavy atom. The zero-order valence-electron chi connectivity index (χ0n) is 10.5. The average molecular weight is 206 g/mol. The molecule has 0 fully saturated rings. The van der Waals surface area contributed by atoms with Crippen LogP contribution in [0.15, 0.2) is 0 Å². The number of rotatable bonds is 8. The van der Waals surface area contributed by atoms with Gasteiger partial charge in [-0.15, -0.1) is 0 Å². The van der Waals surface area contributed by atoms with Gasteiger partial charge in [0.1, 0.15) is 0 Å². The fraction of sp³-hybridized carbons (Fsp3) is 0.900. The summed E-state index contributed by atoms with van der Waals surface area (Å²) in [5.74, 6) is -0.869. The Kier molecular flexibility index (Phi) is 5.50. The summed E-state index contributed by atoms with van der Waals surface area (Å²) >= 11 is 0. The second-order valence-corrected chi connectivity index (χ2v) is 3.20. The molecule has 0 heterocycles. The van der Waals surface area contributed by atoms with Gasteiger partial charge in [-0.2, -0.15) is 0 Å². The van der Waals surface area contributed by atoms with Crippen LogP contribution in [-0.2, 0) is 4.79 Å². The van der Waals surface area contributed by atoms with Gasteiger partial charge >= 0.3 is 5.97 Å². The number of hydrogen-bond donors (Lipinski definition) is 3. The number of aliphatic carboxylic acids is 1. The second-order valence-electron chi connectivity index (χ2n) is 3.20. The van der Waals surface area contributed by atoms with E-state index in [1.54, 1.807) is 0 Å². The van der Waals surface area contributed by atoms with Gasteiger partial charge in [-0.05, 0) is 19.3 Å². The lowest BCUT2D eigenvalue weighted by molar-refractivity contribution is -0.137. The van der Waals surface area contributed by atoms with E-state index in [0.717, 1.165) is 0 Å². The molecule has 0 amide bonds. The molecule has 0 aliphatic carbocycles. The Balaban J connectivity index is 3.87. The van der Waals surface area contributed by atoms with Gasteiger partial charge in [0, 0.05) is 6.42 Å². The first-order valence-corrected chi connectivity index (χ1v) is 4.89. The summed E-state index contributed by atoms with van der Waals surface area (Å²) in [4.78, 5) is 10.2. The van der Waals surface area contributed by atoms with Crippen molar-refractivity contribution in [1.29, 1.82) is 0 Å². The number of hydrogen-bond acceptors (Lipinski definition) is 3. The second kappa shape index (κ2) is 7.76. The highest BCUT2D eigenvalue weighted by Gasteiger charge is 2.12. The molecule has 3 N–H and O–H groups in total. The Labute approximate surface area is 87.4 Å². The standard InChI is InChI=1S/C10H20O4/c1-2-8(11)9(12)6-4-3-5-7-10(13)14/h8-9,11-12H,2-7H2,1H3,(H,13,14)/t8-,9+/m0/s1/i8D,9D. The highest BCUT2D eigenvalue weighted by Crippen LogP contribution is 2.09. The Morgan fingerprint density at radius 2 is 1.93 bits per heavy atom. The van der Waals surface area contributed by atoms with Crippen LogP contribution in [0.5, 0.6) is 0 Å². The van der Waals surface area contributed by atoms with E-state index in [9.17, 15) is 15.0 Å². The third kappa shape index (κ3) is 6.86. The first-order valence-electron chi connectivity index (χ1n) is 5.89. The van der Waals surface area contributed by atoms with Gasteiger partial charge in [-0.1, -0.05) is 19.8 Å². The summed E-state index contributed by atoms with van der Waals surface area (Å²) in [5, 5.41) is 27.4. The van der Waals surface area contributed by atoms with Gasteiger partial charge in [0.2, 0.25) is 0 Å². The minimum atomic E-state index is -2.19. The molecule has 0 aromatic heterocycles. The van der Waals surface area contributed by atoms with E-state index in [1.165, 1.54) is 6.92 Å². The van der Waals surface area contributed by atoms with Crippen LogP contribution in [0.2, 0.25) is 0 Å². The van der Waals surface area contributed by atoms with Crippen LogP contribution in [0.4, 0.5) is 0 Å². The van der Waals surface area contributed by atoms with Crippen LogP contribution in [0, 0.1) is 0 Å². The molecule has 4 heteroatoms. The van der Waals surface area contributed by atoms with E-state index in [1.807, 2.05) is 0 Å². The van der Waals surface area contributed by atoms with Crippen LogP contribution < -0.4 is 0 Å². The highest BCUT2D eigenvalue weighted by molar-refractivity contribution is 5.66. The third-order valence-electron chi connectivity index (χ3n) is 1.97. The van der Waals surface area contributed by atoms with Gasteiger partial charge in [-0.25, -0.2) is 0 Å². The molecular weight excluding hydrogens is 184 g/mol. The van der Waals surface area contributed by atoms with Gasteiger partial charge in [0.05, 0.1) is 14.9 Å². The van der Waals surface area contributed by atoms with E-state index in [2.05, 4.69) is 0 Å². The van der Waals surface area contributed by atoms with Crippen molar-refractivity contribution in [2.24, 2.45) is 0 Å². The minimum absolute atomic E-state index is 0.0257. The highest BCUT2D eigenvalue weighted by atomic mass is 16.4. The van der Waals surface area contributed by atoms with Crippen LogP contribution in [-0.4, -0.2) is 33.4 Å². The molecule has 0 rings (SSSR count). The van der Waals surface area contributed by atoms with Gasteiger partial charge in [-0.3, -0.25) is 4.79 Å². The molecule has 0 unspecified atom stereocenters. The molecule has 14 heavy (non-hydrogen) atoms. The maximum absolute atomic E-state index is 10.2. The maximum Gasteiger partial charge on any atom is 0.303 e. The molecule has 0 aliphatic rings. The molecule has 0 saturated heterocycles.